The first-order chi connectivity index (χ1) is 8.09. The Morgan fingerprint density at radius 3 is 2.65 bits per heavy atom. The van der Waals surface area contributed by atoms with Crippen molar-refractivity contribution in [1.29, 1.82) is 0 Å². The summed E-state index contributed by atoms with van der Waals surface area (Å²) in [4.78, 5) is 13.8. The third kappa shape index (κ3) is 2.77. The molecule has 3 nitrogen and oxygen atoms in total. The van der Waals surface area contributed by atoms with Gasteiger partial charge in [0.05, 0.1) is 11.7 Å². The maximum Gasteiger partial charge on any atom is 0.257 e. The summed E-state index contributed by atoms with van der Waals surface area (Å²) in [5, 5.41) is 9.37. The molecule has 0 aromatic heterocycles. The van der Waals surface area contributed by atoms with Gasteiger partial charge in [0, 0.05) is 16.7 Å². The molecule has 0 spiro atoms. The predicted molar refractivity (Wildman–Crippen MR) is 70.3 cm³/mol. The lowest BCUT2D eigenvalue weighted by Gasteiger charge is -2.30. The molecular weight excluding hydrogens is 336 g/mol. The third-order valence-corrected chi connectivity index (χ3v) is 3.83. The smallest absolute Gasteiger partial charge is 0.257 e. The first-order valence-electron chi connectivity index (χ1n) is 5.51. The summed E-state index contributed by atoms with van der Waals surface area (Å²) >= 11 is 1.96. The molecule has 0 aliphatic carbocycles. The van der Waals surface area contributed by atoms with E-state index in [-0.39, 0.29) is 17.6 Å². The number of carbonyl (C=O) groups is 1. The first kappa shape index (κ1) is 12.8. The van der Waals surface area contributed by atoms with Crippen LogP contribution in [0.2, 0.25) is 0 Å². The molecule has 1 saturated heterocycles. The lowest BCUT2D eigenvalue weighted by Crippen LogP contribution is -2.40. The van der Waals surface area contributed by atoms with Crippen LogP contribution in [0.15, 0.2) is 18.2 Å². The van der Waals surface area contributed by atoms with Crippen molar-refractivity contribution in [2.24, 2.45) is 0 Å². The van der Waals surface area contributed by atoms with Crippen LogP contribution in [-0.4, -0.2) is 35.1 Å². The van der Waals surface area contributed by atoms with E-state index in [4.69, 9.17) is 0 Å². The maximum atomic E-state index is 13.6. The molecule has 1 aliphatic rings. The second-order valence-electron chi connectivity index (χ2n) is 4.12. The van der Waals surface area contributed by atoms with Gasteiger partial charge >= 0.3 is 0 Å². The number of rotatable bonds is 1. The number of carbonyl (C=O) groups excluding carboxylic acids is 1. The van der Waals surface area contributed by atoms with Crippen LogP contribution < -0.4 is 0 Å². The number of piperidine rings is 1. The average molecular weight is 349 g/mol. The second kappa shape index (κ2) is 5.30. The van der Waals surface area contributed by atoms with Crippen molar-refractivity contribution >= 4 is 28.5 Å². The normalized spacial score (nSPS) is 17.2. The van der Waals surface area contributed by atoms with E-state index in [1.54, 1.807) is 17.0 Å². The van der Waals surface area contributed by atoms with Gasteiger partial charge in [-0.15, -0.1) is 0 Å². The monoisotopic (exact) mass is 349 g/mol. The summed E-state index contributed by atoms with van der Waals surface area (Å²) in [6.07, 6.45) is 0.798. The molecule has 0 bridgehead atoms. The van der Waals surface area contributed by atoms with Gasteiger partial charge in [-0.2, -0.15) is 0 Å². The Morgan fingerprint density at radius 2 is 2.06 bits per heavy atom. The van der Waals surface area contributed by atoms with Crippen molar-refractivity contribution in [3.8, 4) is 0 Å². The highest BCUT2D eigenvalue weighted by Gasteiger charge is 2.25. The predicted octanol–water partition coefficient (Wildman–Crippen LogP) is 2.03. The fraction of sp³-hybridized carbons (Fsp3) is 0.417. The van der Waals surface area contributed by atoms with E-state index in [9.17, 15) is 14.3 Å². The van der Waals surface area contributed by atoms with Crippen LogP contribution in [0.5, 0.6) is 0 Å². The summed E-state index contributed by atoms with van der Waals surface area (Å²) in [5.41, 5.74) is 0.143. The van der Waals surface area contributed by atoms with Gasteiger partial charge in [-0.3, -0.25) is 4.79 Å². The quantitative estimate of drug-likeness (QED) is 0.789. The molecule has 1 aromatic rings. The molecule has 1 N–H and O–H groups in total. The van der Waals surface area contributed by atoms with Crippen LogP contribution in [0.3, 0.4) is 0 Å². The summed E-state index contributed by atoms with van der Waals surface area (Å²) in [5.74, 6) is -0.757. The first-order valence-corrected chi connectivity index (χ1v) is 6.59. The Morgan fingerprint density at radius 1 is 1.41 bits per heavy atom. The molecule has 1 fully saturated rings. The van der Waals surface area contributed by atoms with E-state index in [2.05, 4.69) is 0 Å². The van der Waals surface area contributed by atoms with Crippen molar-refractivity contribution in [3.63, 3.8) is 0 Å². The Bertz CT molecular complexity index is 410. The van der Waals surface area contributed by atoms with Crippen molar-refractivity contribution in [2.75, 3.05) is 13.1 Å². The van der Waals surface area contributed by atoms with Crippen LogP contribution in [0, 0.1) is 9.39 Å². The lowest BCUT2D eigenvalue weighted by atomic mass is 10.1. The topological polar surface area (TPSA) is 40.5 Å². The maximum absolute atomic E-state index is 13.6. The number of amides is 1. The molecule has 1 aromatic carbocycles. The number of hydrogen-bond acceptors (Lipinski definition) is 2. The Balaban J connectivity index is 2.20. The molecule has 1 heterocycles. The molecular formula is C12H13FINO2. The molecule has 5 heteroatoms. The van der Waals surface area contributed by atoms with Gasteiger partial charge in [-0.25, -0.2) is 4.39 Å². The number of hydrogen-bond donors (Lipinski definition) is 1. The van der Waals surface area contributed by atoms with E-state index in [0.29, 0.717) is 29.5 Å². The van der Waals surface area contributed by atoms with E-state index < -0.39 is 5.82 Å². The molecule has 0 saturated carbocycles. The summed E-state index contributed by atoms with van der Waals surface area (Å²) in [6.45, 7) is 0.981. The standard InChI is InChI=1S/C12H13FINO2/c13-9-2-1-3-10(14)11(9)12(17)15-6-4-8(16)5-7-15/h1-3,8,16H,4-7H2. The van der Waals surface area contributed by atoms with Gasteiger partial charge in [0.15, 0.2) is 0 Å². The zero-order valence-electron chi connectivity index (χ0n) is 9.20. The van der Waals surface area contributed by atoms with Gasteiger partial charge in [0.2, 0.25) is 0 Å². The summed E-state index contributed by atoms with van der Waals surface area (Å²) in [6, 6.07) is 4.61. The van der Waals surface area contributed by atoms with Crippen LogP contribution >= 0.6 is 22.6 Å². The largest absolute Gasteiger partial charge is 0.393 e. The minimum Gasteiger partial charge on any atom is -0.393 e. The number of nitrogens with zero attached hydrogens (tertiary/aromatic N) is 1. The van der Waals surface area contributed by atoms with Crippen molar-refractivity contribution in [1.82, 2.24) is 4.90 Å². The molecule has 17 heavy (non-hydrogen) atoms. The molecule has 1 aliphatic heterocycles. The Hall–Kier alpha value is -0.690. The number of benzene rings is 1. The van der Waals surface area contributed by atoms with Gasteiger partial charge in [0.1, 0.15) is 5.82 Å². The molecule has 0 unspecified atom stereocenters. The third-order valence-electron chi connectivity index (χ3n) is 2.93. The van der Waals surface area contributed by atoms with E-state index in [1.165, 1.54) is 6.07 Å². The highest BCUT2D eigenvalue weighted by atomic mass is 127. The Kier molecular flexibility index (Phi) is 3.98. The number of aliphatic hydroxyl groups is 1. The van der Waals surface area contributed by atoms with Crippen LogP contribution in [0.25, 0.3) is 0 Å². The van der Waals surface area contributed by atoms with Crippen molar-refractivity contribution in [2.45, 2.75) is 18.9 Å². The molecule has 0 radical (unpaired) electrons. The van der Waals surface area contributed by atoms with Gasteiger partial charge in [-0.05, 0) is 47.6 Å². The zero-order valence-corrected chi connectivity index (χ0v) is 11.4. The van der Waals surface area contributed by atoms with Crippen LogP contribution in [-0.2, 0) is 0 Å². The van der Waals surface area contributed by atoms with Gasteiger partial charge < -0.3 is 10.0 Å². The highest BCUT2D eigenvalue weighted by molar-refractivity contribution is 14.1. The fourth-order valence-electron chi connectivity index (χ4n) is 1.93. The lowest BCUT2D eigenvalue weighted by molar-refractivity contribution is 0.0542. The second-order valence-corrected chi connectivity index (χ2v) is 5.28. The highest BCUT2D eigenvalue weighted by Crippen LogP contribution is 2.20. The number of likely N-dealkylation sites (tertiary alicyclic amines) is 1. The van der Waals surface area contributed by atoms with E-state index in [1.807, 2.05) is 22.6 Å². The fourth-order valence-corrected chi connectivity index (χ4v) is 2.63. The SMILES string of the molecule is O=C(c1c(F)cccc1I)N1CCC(O)CC1. The van der Waals surface area contributed by atoms with Gasteiger partial charge in [0.25, 0.3) is 5.91 Å². The summed E-state index contributed by atoms with van der Waals surface area (Å²) < 4.78 is 14.3. The van der Waals surface area contributed by atoms with Gasteiger partial charge in [-0.1, -0.05) is 6.07 Å². The minimum absolute atomic E-state index is 0.143. The average Bonchev–Trinajstić information content (AvgIpc) is 2.29. The molecule has 92 valence electrons. The summed E-state index contributed by atoms with van der Waals surface area (Å²) in [7, 11) is 0. The number of halogens is 2. The van der Waals surface area contributed by atoms with E-state index >= 15 is 0 Å². The van der Waals surface area contributed by atoms with Crippen molar-refractivity contribution < 1.29 is 14.3 Å². The Labute approximate surface area is 113 Å². The molecule has 1 amide bonds. The van der Waals surface area contributed by atoms with Crippen LogP contribution in [0.4, 0.5) is 4.39 Å². The van der Waals surface area contributed by atoms with Crippen molar-refractivity contribution in [3.05, 3.63) is 33.1 Å². The minimum atomic E-state index is -0.479. The number of aliphatic hydroxyl groups excluding tert-OH is 1. The molecule has 0 atom stereocenters. The van der Waals surface area contributed by atoms with E-state index in [0.717, 1.165) is 0 Å². The zero-order chi connectivity index (χ0) is 12.4. The van der Waals surface area contributed by atoms with Crippen LogP contribution in [0.1, 0.15) is 23.2 Å². The molecule has 2 rings (SSSR count).